The SMILES string of the molecule is CC(C)C1=CC2CC3(C=O)C4CCC(C)C4CC2(CO[C@@H]2O[C@H](C)[C@]4(O)C(C)(C)[C@]4(O)[C@@H]2O)C13C(=O)O. The smallest absolute Gasteiger partial charge is 0.315 e. The topological polar surface area (TPSA) is 134 Å². The Morgan fingerprint density at radius 1 is 1.19 bits per heavy atom. The first-order valence-electron chi connectivity index (χ1n) is 14.0. The van der Waals surface area contributed by atoms with Crippen molar-refractivity contribution in [1.82, 2.24) is 0 Å². The average Bonchev–Trinajstić information content (AvgIpc) is 3.21. The van der Waals surface area contributed by atoms with Gasteiger partial charge in [0.25, 0.3) is 0 Å². The van der Waals surface area contributed by atoms with E-state index >= 15 is 0 Å². The van der Waals surface area contributed by atoms with Crippen molar-refractivity contribution in [3.05, 3.63) is 11.6 Å². The van der Waals surface area contributed by atoms with Gasteiger partial charge in [-0.2, -0.15) is 0 Å². The van der Waals surface area contributed by atoms with Gasteiger partial charge in [-0.3, -0.25) is 4.79 Å². The molecule has 4 N–H and O–H groups in total. The highest BCUT2D eigenvalue weighted by Crippen LogP contribution is 2.82. The first kappa shape index (κ1) is 25.9. The summed E-state index contributed by atoms with van der Waals surface area (Å²) in [4.78, 5) is 26.7. The minimum absolute atomic E-state index is 0.00833. The van der Waals surface area contributed by atoms with E-state index in [0.29, 0.717) is 18.8 Å². The molecule has 1 saturated heterocycles. The van der Waals surface area contributed by atoms with Crippen LogP contribution < -0.4 is 0 Å². The number of aliphatic hydroxyl groups excluding tert-OH is 1. The summed E-state index contributed by atoms with van der Waals surface area (Å²) in [7, 11) is 0. The van der Waals surface area contributed by atoms with Crippen LogP contribution in [0.1, 0.15) is 67.2 Å². The van der Waals surface area contributed by atoms with Crippen LogP contribution in [0.2, 0.25) is 0 Å². The normalized spacial score (nSPS) is 56.6. The number of aliphatic carboxylic acids is 1. The van der Waals surface area contributed by atoms with Crippen LogP contribution >= 0.6 is 0 Å². The summed E-state index contributed by atoms with van der Waals surface area (Å²) in [6.07, 6.45) is 2.52. The predicted octanol–water partition coefficient (Wildman–Crippen LogP) is 2.54. The van der Waals surface area contributed by atoms with Crippen molar-refractivity contribution >= 4 is 12.3 Å². The Hall–Kier alpha value is -1.32. The van der Waals surface area contributed by atoms with E-state index in [2.05, 4.69) is 13.0 Å². The Morgan fingerprint density at radius 3 is 2.46 bits per heavy atom. The standard InChI is InChI=1S/C29H42O8/c1-14(2)20-9-17-10-25(12-30)19-8-7-15(3)18(19)11-26(17,27(20,25)23(32)33)13-36-22-21(31)29(35)24(5,6)28(29,34)16(4)37-22/h9,12,14-19,21-22,31,34-35H,7-8,10-11,13H2,1-6H3,(H,32,33)/t15?,16-,17?,18?,19?,21-,22-,25?,26?,27?,28+,29-/m1/s1. The van der Waals surface area contributed by atoms with Gasteiger partial charge in [0.1, 0.15) is 29.0 Å². The van der Waals surface area contributed by atoms with E-state index in [4.69, 9.17) is 9.47 Å². The summed E-state index contributed by atoms with van der Waals surface area (Å²) < 4.78 is 12.3. The molecule has 5 aliphatic carbocycles. The Labute approximate surface area is 218 Å². The molecule has 37 heavy (non-hydrogen) atoms. The molecule has 0 spiro atoms. The summed E-state index contributed by atoms with van der Waals surface area (Å²) >= 11 is 0. The zero-order valence-electron chi connectivity index (χ0n) is 22.7. The number of aliphatic hydroxyl groups is 3. The fourth-order valence-corrected chi connectivity index (χ4v) is 10.9. The van der Waals surface area contributed by atoms with E-state index in [9.17, 15) is 30.0 Å². The van der Waals surface area contributed by atoms with Crippen molar-refractivity contribution in [2.24, 2.45) is 51.2 Å². The molecule has 8 nitrogen and oxygen atoms in total. The highest BCUT2D eigenvalue weighted by molar-refractivity contribution is 5.90. The van der Waals surface area contributed by atoms with Crippen molar-refractivity contribution < 1.29 is 39.5 Å². The Balaban J connectivity index is 1.42. The second-order valence-corrected chi connectivity index (χ2v) is 14.0. The van der Waals surface area contributed by atoms with Crippen molar-refractivity contribution in [2.45, 2.75) is 96.9 Å². The van der Waals surface area contributed by atoms with Crippen molar-refractivity contribution in [3.8, 4) is 0 Å². The maximum Gasteiger partial charge on any atom is 0.315 e. The first-order chi connectivity index (χ1) is 17.2. The third kappa shape index (κ3) is 2.34. The number of ether oxygens (including phenoxy) is 2. The molecular weight excluding hydrogens is 476 g/mol. The minimum Gasteiger partial charge on any atom is -0.481 e. The molecule has 0 amide bonds. The maximum atomic E-state index is 13.5. The number of carboxylic acid groups (broad SMARTS) is 1. The summed E-state index contributed by atoms with van der Waals surface area (Å²) in [5.41, 5.74) is -6.83. The molecule has 6 aliphatic rings. The van der Waals surface area contributed by atoms with Gasteiger partial charge >= 0.3 is 5.97 Å². The number of rotatable bonds is 6. The van der Waals surface area contributed by atoms with E-state index in [1.54, 1.807) is 20.8 Å². The number of allylic oxidation sites excluding steroid dienone is 1. The molecule has 1 aliphatic heterocycles. The molecule has 12 atom stereocenters. The highest BCUT2D eigenvalue weighted by Gasteiger charge is 2.90. The first-order valence-corrected chi connectivity index (χ1v) is 14.0. The van der Waals surface area contributed by atoms with Gasteiger partial charge in [0.2, 0.25) is 0 Å². The van der Waals surface area contributed by atoms with Crippen LogP contribution in [0.5, 0.6) is 0 Å². The molecule has 7 unspecified atom stereocenters. The van der Waals surface area contributed by atoms with Crippen LogP contribution in [0.4, 0.5) is 0 Å². The third-order valence-corrected chi connectivity index (χ3v) is 12.7. The lowest BCUT2D eigenvalue weighted by atomic mass is 9.43. The molecular formula is C29H42O8. The fourth-order valence-electron chi connectivity index (χ4n) is 10.9. The van der Waals surface area contributed by atoms with Crippen molar-refractivity contribution in [2.75, 3.05) is 6.61 Å². The van der Waals surface area contributed by atoms with Crippen LogP contribution in [0.15, 0.2) is 11.6 Å². The zero-order chi connectivity index (χ0) is 27.1. The van der Waals surface area contributed by atoms with Crippen LogP contribution in [0.25, 0.3) is 0 Å². The van der Waals surface area contributed by atoms with Gasteiger partial charge in [0.15, 0.2) is 6.29 Å². The molecule has 1 heterocycles. The Morgan fingerprint density at radius 2 is 1.86 bits per heavy atom. The lowest BCUT2D eigenvalue weighted by Crippen LogP contribution is -2.64. The number of fused-ring (bicyclic) bond motifs is 3. The van der Waals surface area contributed by atoms with E-state index < -0.39 is 57.3 Å². The van der Waals surface area contributed by atoms with Crippen LogP contribution in [-0.2, 0) is 19.1 Å². The monoisotopic (exact) mass is 518 g/mol. The Kier molecular flexibility index (Phi) is 5.08. The lowest BCUT2D eigenvalue weighted by molar-refractivity contribution is -0.304. The molecule has 206 valence electrons. The number of carbonyl (C=O) groups is 2. The van der Waals surface area contributed by atoms with Crippen LogP contribution in [0.3, 0.4) is 0 Å². The highest BCUT2D eigenvalue weighted by atomic mass is 16.7. The quantitative estimate of drug-likeness (QED) is 0.311. The van der Waals surface area contributed by atoms with Gasteiger partial charge in [-0.25, -0.2) is 0 Å². The maximum absolute atomic E-state index is 13.5. The molecule has 6 rings (SSSR count). The van der Waals surface area contributed by atoms with Crippen molar-refractivity contribution in [3.63, 3.8) is 0 Å². The molecule has 4 saturated carbocycles. The molecule has 4 bridgehead atoms. The summed E-state index contributed by atoms with van der Waals surface area (Å²) in [6, 6.07) is 0. The van der Waals surface area contributed by atoms with Gasteiger partial charge in [0.05, 0.1) is 18.1 Å². The largest absolute Gasteiger partial charge is 0.481 e. The number of hydrogen-bond donors (Lipinski definition) is 4. The van der Waals surface area contributed by atoms with E-state index in [-0.39, 0.29) is 30.3 Å². The zero-order valence-corrected chi connectivity index (χ0v) is 22.7. The summed E-state index contributed by atoms with van der Waals surface area (Å²) in [6.45, 7) is 11.2. The molecule has 0 aromatic carbocycles. The second-order valence-electron chi connectivity index (χ2n) is 14.0. The van der Waals surface area contributed by atoms with E-state index in [1.165, 1.54) is 0 Å². The average molecular weight is 519 g/mol. The van der Waals surface area contributed by atoms with Gasteiger partial charge in [-0.05, 0) is 55.8 Å². The molecule has 0 aromatic heterocycles. The second kappa shape index (κ2) is 7.25. The van der Waals surface area contributed by atoms with Gasteiger partial charge in [-0.15, -0.1) is 0 Å². The lowest BCUT2D eigenvalue weighted by Gasteiger charge is -2.58. The molecule has 8 heteroatoms. The molecule has 5 fully saturated rings. The predicted molar refractivity (Wildman–Crippen MR) is 132 cm³/mol. The van der Waals surface area contributed by atoms with Crippen LogP contribution in [0, 0.1) is 51.2 Å². The number of carboxylic acids is 1. The number of aldehydes is 1. The third-order valence-electron chi connectivity index (χ3n) is 12.7. The Bertz CT molecular complexity index is 1080. The minimum atomic E-state index is -1.80. The van der Waals surface area contributed by atoms with Crippen molar-refractivity contribution in [1.29, 1.82) is 0 Å². The molecule has 0 radical (unpaired) electrons. The van der Waals surface area contributed by atoms with Gasteiger partial charge in [-0.1, -0.05) is 52.7 Å². The van der Waals surface area contributed by atoms with Gasteiger partial charge < -0.3 is 34.7 Å². The molecule has 0 aromatic rings. The summed E-state index contributed by atoms with van der Waals surface area (Å²) in [5, 5.41) is 44.6. The van der Waals surface area contributed by atoms with Crippen LogP contribution in [-0.4, -0.2) is 69.0 Å². The fraction of sp³-hybridized carbons (Fsp3) is 0.862. The number of hydrogen-bond acceptors (Lipinski definition) is 7. The van der Waals surface area contributed by atoms with E-state index in [1.807, 2.05) is 13.8 Å². The summed E-state index contributed by atoms with van der Waals surface area (Å²) in [5.74, 6) is -0.519. The van der Waals surface area contributed by atoms with Gasteiger partial charge in [0, 0.05) is 10.8 Å². The van der Waals surface area contributed by atoms with E-state index in [0.717, 1.165) is 24.7 Å². The number of carbonyl (C=O) groups excluding carboxylic acids is 1.